The van der Waals surface area contributed by atoms with Crippen molar-refractivity contribution in [1.82, 2.24) is 9.97 Å². The number of fused-ring (bicyclic) bond motifs is 1. The van der Waals surface area contributed by atoms with Gasteiger partial charge in [-0.25, -0.2) is 4.98 Å². The molecule has 1 aromatic rings. The molecule has 1 unspecified atom stereocenters. The average molecular weight is 249 g/mol. The summed E-state index contributed by atoms with van der Waals surface area (Å²) in [4.78, 5) is 8.18. The summed E-state index contributed by atoms with van der Waals surface area (Å²) < 4.78 is 0. The van der Waals surface area contributed by atoms with Gasteiger partial charge in [0.15, 0.2) is 0 Å². The second-order valence-corrected chi connectivity index (χ2v) is 5.63. The predicted octanol–water partition coefficient (Wildman–Crippen LogP) is 3.13. The summed E-state index contributed by atoms with van der Waals surface area (Å²) in [6.07, 6.45) is 12.3. The molecule has 3 N–H and O–H groups in total. The van der Waals surface area contributed by atoms with Crippen molar-refractivity contribution in [2.45, 2.75) is 77.2 Å². The lowest BCUT2D eigenvalue weighted by Gasteiger charge is -2.15. The van der Waals surface area contributed by atoms with E-state index >= 15 is 0 Å². The van der Waals surface area contributed by atoms with Gasteiger partial charge in [0.1, 0.15) is 5.82 Å². The fourth-order valence-corrected chi connectivity index (χ4v) is 2.76. The number of nitrogens with two attached hydrogens (primary N) is 1. The van der Waals surface area contributed by atoms with Crippen LogP contribution in [0.1, 0.15) is 69.1 Å². The molecule has 0 aromatic carbocycles. The zero-order valence-corrected chi connectivity index (χ0v) is 11.7. The number of nitrogens with zero attached hydrogens (tertiary/aromatic N) is 1. The van der Waals surface area contributed by atoms with Gasteiger partial charge in [-0.1, -0.05) is 39.0 Å². The molecule has 1 atom stereocenters. The van der Waals surface area contributed by atoms with Crippen LogP contribution in [0, 0.1) is 0 Å². The summed E-state index contributed by atoms with van der Waals surface area (Å²) in [5.74, 6) is 1.18. The van der Waals surface area contributed by atoms with Crippen molar-refractivity contribution in [3.05, 3.63) is 17.2 Å². The van der Waals surface area contributed by atoms with Crippen LogP contribution in [0.2, 0.25) is 0 Å². The van der Waals surface area contributed by atoms with Gasteiger partial charge in [-0.15, -0.1) is 0 Å². The minimum Gasteiger partial charge on any atom is -0.346 e. The van der Waals surface area contributed by atoms with E-state index in [2.05, 4.69) is 11.9 Å². The molecule has 0 saturated carbocycles. The van der Waals surface area contributed by atoms with Gasteiger partial charge in [-0.2, -0.15) is 0 Å². The van der Waals surface area contributed by atoms with E-state index < -0.39 is 0 Å². The maximum absolute atomic E-state index is 5.98. The molecule has 3 nitrogen and oxygen atoms in total. The predicted molar refractivity (Wildman–Crippen MR) is 75.7 cm³/mol. The molecule has 1 heterocycles. The SMILES string of the molecule is CCCCCCCCc1nc2c([nH]1)CC(N)CC2. The molecule has 0 radical (unpaired) electrons. The van der Waals surface area contributed by atoms with Gasteiger partial charge in [-0.05, 0) is 19.3 Å². The van der Waals surface area contributed by atoms with E-state index in [9.17, 15) is 0 Å². The topological polar surface area (TPSA) is 54.7 Å². The van der Waals surface area contributed by atoms with Gasteiger partial charge in [0.05, 0.1) is 5.69 Å². The first-order valence-corrected chi connectivity index (χ1v) is 7.61. The number of nitrogens with one attached hydrogen (secondary N) is 1. The van der Waals surface area contributed by atoms with E-state index in [4.69, 9.17) is 10.7 Å². The monoisotopic (exact) mass is 249 g/mol. The Balaban J connectivity index is 1.70. The summed E-state index contributed by atoms with van der Waals surface area (Å²) >= 11 is 0. The Hall–Kier alpha value is -0.830. The molecule has 1 aliphatic carbocycles. The summed E-state index contributed by atoms with van der Waals surface area (Å²) in [5.41, 5.74) is 8.56. The van der Waals surface area contributed by atoms with E-state index in [0.717, 1.165) is 25.7 Å². The Kier molecular flexibility index (Phi) is 5.24. The first kappa shape index (κ1) is 13.6. The normalized spacial score (nSPS) is 18.9. The smallest absolute Gasteiger partial charge is 0.106 e. The van der Waals surface area contributed by atoms with Crippen LogP contribution in [-0.4, -0.2) is 16.0 Å². The highest BCUT2D eigenvalue weighted by atomic mass is 14.9. The third-order valence-electron chi connectivity index (χ3n) is 3.90. The van der Waals surface area contributed by atoms with Crippen molar-refractivity contribution >= 4 is 0 Å². The molecular weight excluding hydrogens is 222 g/mol. The molecule has 1 aromatic heterocycles. The average Bonchev–Trinajstić information content (AvgIpc) is 2.75. The lowest BCUT2D eigenvalue weighted by Crippen LogP contribution is -2.27. The molecular formula is C15H27N3. The van der Waals surface area contributed by atoms with Crippen molar-refractivity contribution < 1.29 is 0 Å². The summed E-state index contributed by atoms with van der Waals surface area (Å²) in [5, 5.41) is 0. The third-order valence-corrected chi connectivity index (χ3v) is 3.90. The maximum Gasteiger partial charge on any atom is 0.106 e. The van der Waals surface area contributed by atoms with Crippen LogP contribution in [0.4, 0.5) is 0 Å². The summed E-state index contributed by atoms with van der Waals surface area (Å²) in [6, 6.07) is 0.333. The van der Waals surface area contributed by atoms with E-state index in [1.807, 2.05) is 0 Å². The number of hydrogen-bond donors (Lipinski definition) is 2. The van der Waals surface area contributed by atoms with Crippen LogP contribution in [0.15, 0.2) is 0 Å². The Bertz CT molecular complexity index is 357. The Morgan fingerprint density at radius 1 is 1.22 bits per heavy atom. The Morgan fingerprint density at radius 3 is 2.83 bits per heavy atom. The highest BCUT2D eigenvalue weighted by molar-refractivity contribution is 5.19. The van der Waals surface area contributed by atoms with Crippen molar-refractivity contribution in [1.29, 1.82) is 0 Å². The molecule has 0 fully saturated rings. The Morgan fingerprint density at radius 2 is 2.00 bits per heavy atom. The van der Waals surface area contributed by atoms with Crippen molar-refractivity contribution in [2.75, 3.05) is 0 Å². The molecule has 0 bridgehead atoms. The number of hydrogen-bond acceptors (Lipinski definition) is 2. The van der Waals surface area contributed by atoms with Crippen LogP contribution in [0.5, 0.6) is 0 Å². The number of aryl methyl sites for hydroxylation is 2. The van der Waals surface area contributed by atoms with E-state index in [1.165, 1.54) is 55.7 Å². The van der Waals surface area contributed by atoms with Crippen LogP contribution in [-0.2, 0) is 19.3 Å². The van der Waals surface area contributed by atoms with Gasteiger partial charge < -0.3 is 10.7 Å². The van der Waals surface area contributed by atoms with Crippen LogP contribution in [0.25, 0.3) is 0 Å². The number of H-pyrrole nitrogens is 1. The molecule has 102 valence electrons. The van der Waals surface area contributed by atoms with Gasteiger partial charge in [0.2, 0.25) is 0 Å². The lowest BCUT2D eigenvalue weighted by molar-refractivity contribution is 0.565. The van der Waals surface area contributed by atoms with Crippen LogP contribution < -0.4 is 5.73 Å². The number of rotatable bonds is 7. The van der Waals surface area contributed by atoms with Gasteiger partial charge in [-0.3, -0.25) is 0 Å². The fraction of sp³-hybridized carbons (Fsp3) is 0.800. The zero-order chi connectivity index (χ0) is 12.8. The highest BCUT2D eigenvalue weighted by Gasteiger charge is 2.18. The van der Waals surface area contributed by atoms with Crippen LogP contribution >= 0.6 is 0 Å². The van der Waals surface area contributed by atoms with Gasteiger partial charge >= 0.3 is 0 Å². The Labute approximate surface area is 111 Å². The van der Waals surface area contributed by atoms with E-state index in [-0.39, 0.29) is 0 Å². The first-order valence-electron chi connectivity index (χ1n) is 7.61. The molecule has 2 rings (SSSR count). The van der Waals surface area contributed by atoms with Crippen LogP contribution in [0.3, 0.4) is 0 Å². The standard InChI is InChI=1S/C15H27N3/c1-2-3-4-5-6-7-8-15-17-13-10-9-12(16)11-14(13)18-15/h12H,2-11,16H2,1H3,(H,17,18). The number of imidazole rings is 1. The van der Waals surface area contributed by atoms with Crippen molar-refractivity contribution in [3.8, 4) is 0 Å². The minimum atomic E-state index is 0.333. The summed E-state index contributed by atoms with van der Waals surface area (Å²) in [7, 11) is 0. The third kappa shape index (κ3) is 3.84. The first-order chi connectivity index (χ1) is 8.79. The van der Waals surface area contributed by atoms with Crippen molar-refractivity contribution in [3.63, 3.8) is 0 Å². The summed E-state index contributed by atoms with van der Waals surface area (Å²) in [6.45, 7) is 2.26. The molecule has 18 heavy (non-hydrogen) atoms. The number of aromatic nitrogens is 2. The van der Waals surface area contributed by atoms with Gasteiger partial charge in [0, 0.05) is 24.6 Å². The second-order valence-electron chi connectivity index (χ2n) is 5.63. The largest absolute Gasteiger partial charge is 0.346 e. The van der Waals surface area contributed by atoms with Crippen molar-refractivity contribution in [2.24, 2.45) is 5.73 Å². The number of aromatic amines is 1. The second kappa shape index (κ2) is 6.93. The van der Waals surface area contributed by atoms with E-state index in [0.29, 0.717) is 6.04 Å². The molecule has 0 amide bonds. The van der Waals surface area contributed by atoms with Gasteiger partial charge in [0.25, 0.3) is 0 Å². The zero-order valence-electron chi connectivity index (χ0n) is 11.7. The molecule has 3 heteroatoms. The molecule has 0 aliphatic heterocycles. The fourth-order valence-electron chi connectivity index (χ4n) is 2.76. The molecule has 1 aliphatic rings. The quantitative estimate of drug-likeness (QED) is 0.729. The minimum absolute atomic E-state index is 0.333. The number of unbranched alkanes of at least 4 members (excludes halogenated alkanes) is 5. The molecule has 0 spiro atoms. The molecule has 0 saturated heterocycles. The van der Waals surface area contributed by atoms with E-state index in [1.54, 1.807) is 0 Å². The highest BCUT2D eigenvalue weighted by Crippen LogP contribution is 2.19. The lowest BCUT2D eigenvalue weighted by atomic mass is 9.97. The maximum atomic E-state index is 5.98.